The zero-order valence-electron chi connectivity index (χ0n) is 12.6. The highest BCUT2D eigenvalue weighted by Crippen LogP contribution is 2.16. The molecule has 1 unspecified atom stereocenters. The zero-order valence-corrected chi connectivity index (χ0v) is 12.6. The van der Waals surface area contributed by atoms with E-state index in [0.717, 1.165) is 11.1 Å². The zero-order chi connectivity index (χ0) is 16.5. The molecule has 2 rings (SSSR count). The molecule has 23 heavy (non-hydrogen) atoms. The molecular formula is C18H19NO4. The van der Waals surface area contributed by atoms with Gasteiger partial charge in [0.1, 0.15) is 6.61 Å². The van der Waals surface area contributed by atoms with Gasteiger partial charge in [-0.05, 0) is 11.1 Å². The topological polar surface area (TPSA) is 75.6 Å². The monoisotopic (exact) mass is 313 g/mol. The summed E-state index contributed by atoms with van der Waals surface area (Å²) in [5.74, 6) is -1.31. The molecular weight excluding hydrogens is 294 g/mol. The first-order valence-electron chi connectivity index (χ1n) is 7.33. The number of ether oxygens (including phenoxy) is 1. The number of aliphatic carboxylic acids is 1. The molecule has 1 atom stereocenters. The van der Waals surface area contributed by atoms with Crippen LogP contribution in [0.2, 0.25) is 0 Å². The molecule has 0 saturated heterocycles. The van der Waals surface area contributed by atoms with Gasteiger partial charge in [-0.3, -0.25) is 9.59 Å². The molecule has 2 aromatic carbocycles. The lowest BCUT2D eigenvalue weighted by Crippen LogP contribution is -2.33. The molecule has 5 heteroatoms. The van der Waals surface area contributed by atoms with Crippen molar-refractivity contribution in [3.63, 3.8) is 0 Å². The molecule has 0 aliphatic rings. The first kappa shape index (κ1) is 16.7. The first-order chi connectivity index (χ1) is 11.1. The van der Waals surface area contributed by atoms with E-state index in [-0.39, 0.29) is 18.9 Å². The van der Waals surface area contributed by atoms with Gasteiger partial charge in [0.05, 0.1) is 19.1 Å². The summed E-state index contributed by atoms with van der Waals surface area (Å²) in [5, 5.41) is 11.7. The smallest absolute Gasteiger partial charge is 0.305 e. The minimum atomic E-state index is -0.968. The van der Waals surface area contributed by atoms with Crippen LogP contribution in [0.25, 0.3) is 0 Å². The number of nitrogens with one attached hydrogen (secondary N) is 1. The summed E-state index contributed by atoms with van der Waals surface area (Å²) in [6.45, 7) is 0.223. The minimum absolute atomic E-state index is 0.113. The number of amides is 1. The summed E-state index contributed by atoms with van der Waals surface area (Å²) in [7, 11) is 0. The Morgan fingerprint density at radius 1 is 1.00 bits per heavy atom. The average molecular weight is 313 g/mol. The number of carbonyl (C=O) groups excluding carboxylic acids is 1. The Labute approximate surface area is 134 Å². The number of carbonyl (C=O) groups is 2. The van der Waals surface area contributed by atoms with Gasteiger partial charge >= 0.3 is 5.97 Å². The van der Waals surface area contributed by atoms with Crippen LogP contribution in [-0.4, -0.2) is 23.6 Å². The Bertz CT molecular complexity index is 628. The van der Waals surface area contributed by atoms with Crippen molar-refractivity contribution in [2.75, 3.05) is 6.61 Å². The SMILES string of the molecule is O=C(O)CC(NC(=O)COCc1ccccc1)c1ccccc1. The van der Waals surface area contributed by atoms with Crippen molar-refractivity contribution in [3.05, 3.63) is 71.8 Å². The second-order valence-electron chi connectivity index (χ2n) is 5.11. The van der Waals surface area contributed by atoms with Gasteiger partial charge in [-0.1, -0.05) is 60.7 Å². The molecule has 5 nitrogen and oxygen atoms in total. The van der Waals surface area contributed by atoms with Crippen molar-refractivity contribution in [2.45, 2.75) is 19.1 Å². The summed E-state index contributed by atoms with van der Waals surface area (Å²) in [5.41, 5.74) is 1.73. The average Bonchev–Trinajstić information content (AvgIpc) is 2.56. The van der Waals surface area contributed by atoms with Crippen LogP contribution in [0, 0.1) is 0 Å². The first-order valence-corrected chi connectivity index (χ1v) is 7.33. The van der Waals surface area contributed by atoms with E-state index < -0.39 is 12.0 Å². The highest BCUT2D eigenvalue weighted by molar-refractivity contribution is 5.78. The molecule has 0 aliphatic heterocycles. The van der Waals surface area contributed by atoms with E-state index >= 15 is 0 Å². The fourth-order valence-electron chi connectivity index (χ4n) is 2.18. The van der Waals surface area contributed by atoms with Crippen LogP contribution in [0.3, 0.4) is 0 Å². The van der Waals surface area contributed by atoms with E-state index in [2.05, 4.69) is 5.32 Å². The predicted molar refractivity (Wildman–Crippen MR) is 85.7 cm³/mol. The van der Waals surface area contributed by atoms with Gasteiger partial charge in [0, 0.05) is 0 Å². The van der Waals surface area contributed by atoms with Crippen LogP contribution in [0.15, 0.2) is 60.7 Å². The predicted octanol–water partition coefficient (Wildman–Crippen LogP) is 2.54. The molecule has 0 bridgehead atoms. The summed E-state index contributed by atoms with van der Waals surface area (Å²) < 4.78 is 5.36. The van der Waals surface area contributed by atoms with Crippen LogP contribution >= 0.6 is 0 Å². The molecule has 0 saturated carbocycles. The Balaban J connectivity index is 1.86. The van der Waals surface area contributed by atoms with Gasteiger partial charge in [-0.25, -0.2) is 0 Å². The maximum absolute atomic E-state index is 12.0. The van der Waals surface area contributed by atoms with Crippen molar-refractivity contribution in [1.82, 2.24) is 5.32 Å². The molecule has 0 fully saturated rings. The van der Waals surface area contributed by atoms with Crippen LogP contribution in [0.4, 0.5) is 0 Å². The highest BCUT2D eigenvalue weighted by atomic mass is 16.5. The van der Waals surface area contributed by atoms with Gasteiger partial charge in [-0.2, -0.15) is 0 Å². The lowest BCUT2D eigenvalue weighted by Gasteiger charge is -2.17. The number of carboxylic acids is 1. The molecule has 0 radical (unpaired) electrons. The Hall–Kier alpha value is -2.66. The summed E-state index contributed by atoms with van der Waals surface area (Å²) in [6, 6.07) is 18.0. The maximum atomic E-state index is 12.0. The molecule has 0 spiro atoms. The van der Waals surface area contributed by atoms with Crippen LogP contribution in [0.5, 0.6) is 0 Å². The highest BCUT2D eigenvalue weighted by Gasteiger charge is 2.17. The molecule has 120 valence electrons. The van der Waals surface area contributed by atoms with Gasteiger partial charge in [0.15, 0.2) is 0 Å². The summed E-state index contributed by atoms with van der Waals surface area (Å²) >= 11 is 0. The molecule has 0 heterocycles. The van der Waals surface area contributed by atoms with E-state index in [1.807, 2.05) is 48.5 Å². The largest absolute Gasteiger partial charge is 0.481 e. The number of hydrogen-bond acceptors (Lipinski definition) is 3. The van der Waals surface area contributed by atoms with Crippen LogP contribution < -0.4 is 5.32 Å². The lowest BCUT2D eigenvalue weighted by molar-refractivity contribution is -0.138. The van der Waals surface area contributed by atoms with Crippen molar-refractivity contribution in [2.24, 2.45) is 0 Å². The number of hydrogen-bond donors (Lipinski definition) is 2. The Morgan fingerprint density at radius 2 is 1.61 bits per heavy atom. The van der Waals surface area contributed by atoms with Crippen LogP contribution in [-0.2, 0) is 20.9 Å². The van der Waals surface area contributed by atoms with Crippen molar-refractivity contribution in [1.29, 1.82) is 0 Å². The Morgan fingerprint density at radius 3 is 2.22 bits per heavy atom. The third kappa shape index (κ3) is 5.92. The number of carboxylic acid groups (broad SMARTS) is 1. The quantitative estimate of drug-likeness (QED) is 0.785. The number of rotatable bonds is 8. The van der Waals surface area contributed by atoms with Gasteiger partial charge in [0.2, 0.25) is 5.91 Å². The van der Waals surface area contributed by atoms with E-state index in [1.165, 1.54) is 0 Å². The van der Waals surface area contributed by atoms with E-state index in [4.69, 9.17) is 9.84 Å². The second-order valence-corrected chi connectivity index (χ2v) is 5.11. The van der Waals surface area contributed by atoms with Gasteiger partial charge < -0.3 is 15.2 Å². The number of benzene rings is 2. The van der Waals surface area contributed by atoms with Gasteiger partial charge in [0.25, 0.3) is 0 Å². The molecule has 1 amide bonds. The molecule has 0 aromatic heterocycles. The fourth-order valence-corrected chi connectivity index (χ4v) is 2.18. The maximum Gasteiger partial charge on any atom is 0.305 e. The second kappa shape index (κ2) is 8.70. The van der Waals surface area contributed by atoms with Crippen molar-refractivity contribution >= 4 is 11.9 Å². The molecule has 2 N–H and O–H groups in total. The van der Waals surface area contributed by atoms with Crippen LogP contribution in [0.1, 0.15) is 23.6 Å². The van der Waals surface area contributed by atoms with E-state index in [9.17, 15) is 9.59 Å². The summed E-state index contributed by atoms with van der Waals surface area (Å²) in [6.07, 6.45) is -0.172. The normalized spacial score (nSPS) is 11.7. The van der Waals surface area contributed by atoms with Crippen molar-refractivity contribution < 1.29 is 19.4 Å². The molecule has 2 aromatic rings. The third-order valence-electron chi connectivity index (χ3n) is 3.26. The summed E-state index contributed by atoms with van der Waals surface area (Å²) in [4.78, 5) is 23.0. The standard InChI is InChI=1S/C18H19NO4/c20-17(13-23-12-14-7-3-1-4-8-14)19-16(11-18(21)22)15-9-5-2-6-10-15/h1-10,16H,11-13H2,(H,19,20)(H,21,22). The Kier molecular flexibility index (Phi) is 6.32. The fraction of sp³-hybridized carbons (Fsp3) is 0.222. The van der Waals surface area contributed by atoms with Gasteiger partial charge in [-0.15, -0.1) is 0 Å². The van der Waals surface area contributed by atoms with Crippen molar-refractivity contribution in [3.8, 4) is 0 Å². The third-order valence-corrected chi connectivity index (χ3v) is 3.26. The van der Waals surface area contributed by atoms with E-state index in [1.54, 1.807) is 12.1 Å². The minimum Gasteiger partial charge on any atom is -0.481 e. The van der Waals surface area contributed by atoms with E-state index in [0.29, 0.717) is 6.61 Å². The molecule has 0 aliphatic carbocycles. The lowest BCUT2D eigenvalue weighted by atomic mass is 10.0.